The van der Waals surface area contributed by atoms with Crippen LogP contribution in [-0.4, -0.2) is 46.7 Å². The number of aromatic nitrogens is 1. The van der Waals surface area contributed by atoms with Crippen molar-refractivity contribution in [1.82, 2.24) is 14.8 Å². The van der Waals surface area contributed by atoms with E-state index in [2.05, 4.69) is 35.2 Å². The van der Waals surface area contributed by atoms with Gasteiger partial charge in [0, 0.05) is 32.0 Å². The van der Waals surface area contributed by atoms with Gasteiger partial charge in [-0.1, -0.05) is 12.6 Å². The molecule has 0 saturated carbocycles. The van der Waals surface area contributed by atoms with Crippen molar-refractivity contribution in [3.05, 3.63) is 47.0 Å². The molecule has 110 valence electrons. The van der Waals surface area contributed by atoms with Crippen LogP contribution in [0.25, 0.3) is 0 Å². The molecular weight excluding hydrogens is 254 g/mol. The summed E-state index contributed by atoms with van der Waals surface area (Å²) in [6.45, 7) is 10.3. The molecule has 5 heteroatoms. The van der Waals surface area contributed by atoms with E-state index in [1.165, 1.54) is 0 Å². The van der Waals surface area contributed by atoms with Crippen LogP contribution in [0.15, 0.2) is 35.9 Å². The normalized spacial score (nSPS) is 22.1. The lowest BCUT2D eigenvalue weighted by atomic mass is 10.1. The maximum Gasteiger partial charge on any atom is 0.252 e. The minimum Gasteiger partial charge on any atom is -0.383 e. The Morgan fingerprint density at radius 3 is 2.95 bits per heavy atom. The van der Waals surface area contributed by atoms with E-state index in [9.17, 15) is 4.79 Å². The average molecular weight is 277 g/mol. The molecule has 1 aliphatic rings. The molecule has 1 aliphatic heterocycles. The molecule has 1 fully saturated rings. The molecule has 0 spiro atoms. The van der Waals surface area contributed by atoms with Gasteiger partial charge < -0.3 is 14.6 Å². The van der Waals surface area contributed by atoms with Crippen LogP contribution in [0.2, 0.25) is 0 Å². The number of aromatic amines is 1. The first kappa shape index (κ1) is 14.8. The highest BCUT2D eigenvalue weighted by Gasteiger charge is 2.43. The maximum absolute atomic E-state index is 11.9. The van der Waals surface area contributed by atoms with Crippen molar-refractivity contribution >= 4 is 0 Å². The first-order chi connectivity index (χ1) is 9.50. The second-order valence-corrected chi connectivity index (χ2v) is 5.59. The quantitative estimate of drug-likeness (QED) is 0.883. The van der Waals surface area contributed by atoms with Crippen molar-refractivity contribution < 1.29 is 4.74 Å². The Morgan fingerprint density at radius 1 is 1.60 bits per heavy atom. The molecule has 1 aromatic rings. The Kier molecular flexibility index (Phi) is 4.30. The van der Waals surface area contributed by atoms with E-state index in [1.807, 2.05) is 18.3 Å². The molecule has 1 saturated heterocycles. The van der Waals surface area contributed by atoms with Gasteiger partial charge in [-0.25, -0.2) is 0 Å². The van der Waals surface area contributed by atoms with Crippen LogP contribution < -0.4 is 5.56 Å². The first-order valence-electron chi connectivity index (χ1n) is 6.82. The van der Waals surface area contributed by atoms with E-state index in [-0.39, 0.29) is 17.3 Å². The van der Waals surface area contributed by atoms with Gasteiger partial charge in [0.25, 0.3) is 5.56 Å². The summed E-state index contributed by atoms with van der Waals surface area (Å²) in [4.78, 5) is 19.1. The minimum absolute atomic E-state index is 0.0310. The zero-order valence-corrected chi connectivity index (χ0v) is 12.4. The molecular formula is C15H23N3O2. The second-order valence-electron chi connectivity index (χ2n) is 5.59. The number of nitrogens with one attached hydrogen (secondary N) is 1. The topological polar surface area (TPSA) is 48.6 Å². The summed E-state index contributed by atoms with van der Waals surface area (Å²) < 4.78 is 5.32. The third-order valence-electron chi connectivity index (χ3n) is 4.07. The van der Waals surface area contributed by atoms with Gasteiger partial charge in [-0.05, 0) is 26.1 Å². The molecule has 0 aromatic carbocycles. The van der Waals surface area contributed by atoms with Gasteiger partial charge in [0.1, 0.15) is 0 Å². The van der Waals surface area contributed by atoms with Crippen molar-refractivity contribution in [1.29, 1.82) is 0 Å². The summed E-state index contributed by atoms with van der Waals surface area (Å²) in [7, 11) is 1.71. The van der Waals surface area contributed by atoms with Crippen molar-refractivity contribution in [2.24, 2.45) is 0 Å². The van der Waals surface area contributed by atoms with Gasteiger partial charge in [-0.2, -0.15) is 0 Å². The van der Waals surface area contributed by atoms with Crippen LogP contribution in [0, 0.1) is 0 Å². The highest BCUT2D eigenvalue weighted by molar-refractivity contribution is 5.11. The van der Waals surface area contributed by atoms with Crippen molar-refractivity contribution in [3.8, 4) is 0 Å². The number of H-pyrrole nitrogens is 1. The van der Waals surface area contributed by atoms with Gasteiger partial charge in [0.05, 0.1) is 18.3 Å². The van der Waals surface area contributed by atoms with Gasteiger partial charge in [0.15, 0.2) is 0 Å². The van der Waals surface area contributed by atoms with Crippen LogP contribution >= 0.6 is 0 Å². The smallest absolute Gasteiger partial charge is 0.252 e. The van der Waals surface area contributed by atoms with E-state index in [0.29, 0.717) is 13.2 Å². The number of methoxy groups -OCH3 is 1. The number of rotatable bonds is 5. The summed E-state index contributed by atoms with van der Waals surface area (Å²) in [6.07, 6.45) is 3.52. The molecule has 5 nitrogen and oxygen atoms in total. The Bertz CT molecular complexity index is 524. The number of nitrogens with zero attached hydrogens (tertiary/aromatic N) is 2. The largest absolute Gasteiger partial charge is 0.383 e. The molecule has 0 amide bonds. The third-order valence-corrected chi connectivity index (χ3v) is 4.07. The number of hydrogen-bond acceptors (Lipinski definition) is 4. The first-order valence-corrected chi connectivity index (χ1v) is 6.82. The molecule has 0 radical (unpaired) electrons. The number of pyridine rings is 1. The number of ether oxygens (including phenoxy) is 1. The van der Waals surface area contributed by atoms with Crippen LogP contribution in [0.1, 0.15) is 19.4 Å². The zero-order chi connectivity index (χ0) is 14.8. The molecule has 1 N–H and O–H groups in total. The monoisotopic (exact) mass is 277 g/mol. The minimum atomic E-state index is -0.187. The molecule has 1 aromatic heterocycles. The Hall–Kier alpha value is -1.59. The molecule has 2 heterocycles. The van der Waals surface area contributed by atoms with Crippen molar-refractivity contribution in [2.75, 3.05) is 20.3 Å². The molecule has 1 atom stereocenters. The summed E-state index contributed by atoms with van der Waals surface area (Å²) in [6, 6.07) is 3.97. The van der Waals surface area contributed by atoms with E-state index in [1.54, 1.807) is 13.3 Å². The van der Waals surface area contributed by atoms with E-state index < -0.39 is 0 Å². The predicted octanol–water partition coefficient (Wildman–Crippen LogP) is 1.39. The van der Waals surface area contributed by atoms with Gasteiger partial charge in [0.2, 0.25) is 0 Å². The van der Waals surface area contributed by atoms with Crippen molar-refractivity contribution in [2.45, 2.75) is 32.1 Å². The molecule has 20 heavy (non-hydrogen) atoms. The molecule has 0 aliphatic carbocycles. The SMILES string of the molecule is C=CN1C[C@H](COC)N(Cc2ccc[nH]c2=O)C1(C)C. The highest BCUT2D eigenvalue weighted by atomic mass is 16.5. The average Bonchev–Trinajstić information content (AvgIpc) is 2.65. The lowest BCUT2D eigenvalue weighted by molar-refractivity contribution is 0.0319. The summed E-state index contributed by atoms with van der Waals surface area (Å²) in [5.74, 6) is 0. The Labute approximate surface area is 119 Å². The van der Waals surface area contributed by atoms with Crippen LogP contribution in [-0.2, 0) is 11.3 Å². The Morgan fingerprint density at radius 2 is 2.35 bits per heavy atom. The van der Waals surface area contributed by atoms with Gasteiger partial charge in [-0.3, -0.25) is 9.69 Å². The summed E-state index contributed by atoms with van der Waals surface area (Å²) >= 11 is 0. The zero-order valence-electron chi connectivity index (χ0n) is 12.4. The van der Waals surface area contributed by atoms with Crippen LogP contribution in [0.5, 0.6) is 0 Å². The maximum atomic E-state index is 11.9. The fraction of sp³-hybridized carbons (Fsp3) is 0.533. The lowest BCUT2D eigenvalue weighted by Crippen LogP contribution is -2.49. The number of hydrogen-bond donors (Lipinski definition) is 1. The van der Waals surface area contributed by atoms with Gasteiger partial charge >= 0.3 is 0 Å². The fourth-order valence-corrected chi connectivity index (χ4v) is 2.88. The molecule has 0 bridgehead atoms. The molecule has 0 unspecified atom stereocenters. The van der Waals surface area contributed by atoms with Crippen LogP contribution in [0.3, 0.4) is 0 Å². The van der Waals surface area contributed by atoms with E-state index in [4.69, 9.17) is 4.74 Å². The van der Waals surface area contributed by atoms with E-state index >= 15 is 0 Å². The Balaban J connectivity index is 2.28. The van der Waals surface area contributed by atoms with Gasteiger partial charge in [-0.15, -0.1) is 0 Å². The van der Waals surface area contributed by atoms with E-state index in [0.717, 1.165) is 12.1 Å². The van der Waals surface area contributed by atoms with Crippen molar-refractivity contribution in [3.63, 3.8) is 0 Å². The summed E-state index contributed by atoms with van der Waals surface area (Å²) in [5.41, 5.74) is 0.553. The molecule has 2 rings (SSSR count). The highest BCUT2D eigenvalue weighted by Crippen LogP contribution is 2.32. The standard InChI is InChI=1S/C15H23N3O2/c1-5-17-10-13(11-20-4)18(15(17,2)3)9-12-7-6-8-16-14(12)19/h5-8,13H,1,9-11H2,2-4H3,(H,16,19)/t13-/m1/s1. The predicted molar refractivity (Wildman–Crippen MR) is 79.3 cm³/mol. The third kappa shape index (κ3) is 2.64. The lowest BCUT2D eigenvalue weighted by Gasteiger charge is -2.38. The van der Waals surface area contributed by atoms with Crippen LogP contribution in [0.4, 0.5) is 0 Å². The fourth-order valence-electron chi connectivity index (χ4n) is 2.88. The summed E-state index contributed by atoms with van der Waals surface area (Å²) in [5, 5.41) is 0. The second kappa shape index (κ2) is 5.81.